The second-order valence-electron chi connectivity index (χ2n) is 4.78. The Kier molecular flexibility index (Phi) is 4.01. The van der Waals surface area contributed by atoms with Crippen molar-refractivity contribution in [3.8, 4) is 5.75 Å². The molecule has 2 heterocycles. The number of nitrogens with zero attached hydrogens (tertiary/aromatic N) is 2. The van der Waals surface area contributed by atoms with Crippen LogP contribution < -0.4 is 4.74 Å². The van der Waals surface area contributed by atoms with E-state index in [2.05, 4.69) is 26.7 Å². The summed E-state index contributed by atoms with van der Waals surface area (Å²) in [6.45, 7) is 3.44. The molecule has 0 fully saturated rings. The number of ether oxygens (including phenoxy) is 1. The van der Waals surface area contributed by atoms with E-state index in [1.165, 1.54) is 5.56 Å². The number of hydrogen-bond donors (Lipinski definition) is 1. The van der Waals surface area contributed by atoms with Crippen molar-refractivity contribution in [1.82, 2.24) is 14.5 Å². The zero-order valence-electron chi connectivity index (χ0n) is 11.9. The van der Waals surface area contributed by atoms with Crippen LogP contribution >= 0.6 is 12.2 Å². The number of para-hydroxylation sites is 1. The van der Waals surface area contributed by atoms with Gasteiger partial charge in [-0.25, -0.2) is 0 Å². The van der Waals surface area contributed by atoms with Gasteiger partial charge in [0.1, 0.15) is 11.3 Å². The van der Waals surface area contributed by atoms with E-state index in [0.717, 1.165) is 34.5 Å². The molecular weight excluding hydrogens is 282 g/mol. The van der Waals surface area contributed by atoms with Crippen LogP contribution in [0.3, 0.4) is 0 Å². The van der Waals surface area contributed by atoms with Gasteiger partial charge in [-0.15, -0.1) is 0 Å². The fourth-order valence-electron chi connectivity index (χ4n) is 2.44. The third kappa shape index (κ3) is 2.83. The summed E-state index contributed by atoms with van der Waals surface area (Å²) >= 11 is 5.45. The number of imidazole rings is 1. The molecule has 1 N–H and O–H groups in total. The third-order valence-electron chi connectivity index (χ3n) is 3.42. The number of aromatic amines is 1. The van der Waals surface area contributed by atoms with Gasteiger partial charge in [0, 0.05) is 18.9 Å². The SMILES string of the molecule is CCOc1cccc2c1[nH]c(=S)n2CCc1cccnc1. The molecule has 2 aromatic heterocycles. The average molecular weight is 299 g/mol. The Balaban J connectivity index is 1.93. The maximum Gasteiger partial charge on any atom is 0.178 e. The number of pyridine rings is 1. The lowest BCUT2D eigenvalue weighted by Gasteiger charge is -2.06. The molecular formula is C16H17N3OS. The van der Waals surface area contributed by atoms with E-state index in [1.807, 2.05) is 31.3 Å². The van der Waals surface area contributed by atoms with E-state index in [9.17, 15) is 0 Å². The molecule has 0 aliphatic carbocycles. The molecule has 0 atom stereocenters. The van der Waals surface area contributed by atoms with Crippen LogP contribution in [-0.4, -0.2) is 21.1 Å². The first-order valence-corrected chi connectivity index (χ1v) is 7.43. The summed E-state index contributed by atoms with van der Waals surface area (Å²) in [6.07, 6.45) is 4.58. The lowest BCUT2D eigenvalue weighted by molar-refractivity contribution is 0.343. The summed E-state index contributed by atoms with van der Waals surface area (Å²) in [5, 5.41) is 0. The Morgan fingerprint density at radius 3 is 2.95 bits per heavy atom. The van der Waals surface area contributed by atoms with Crippen LogP contribution in [0.15, 0.2) is 42.7 Å². The lowest BCUT2D eigenvalue weighted by atomic mass is 10.2. The molecule has 0 spiro atoms. The first-order valence-electron chi connectivity index (χ1n) is 7.03. The summed E-state index contributed by atoms with van der Waals surface area (Å²) < 4.78 is 8.48. The summed E-state index contributed by atoms with van der Waals surface area (Å²) in [6, 6.07) is 10.1. The number of hydrogen-bond acceptors (Lipinski definition) is 3. The Morgan fingerprint density at radius 2 is 2.19 bits per heavy atom. The highest BCUT2D eigenvalue weighted by Gasteiger charge is 2.09. The molecule has 0 aliphatic rings. The zero-order chi connectivity index (χ0) is 14.7. The molecule has 0 radical (unpaired) electrons. The Morgan fingerprint density at radius 1 is 1.29 bits per heavy atom. The molecule has 1 aromatic carbocycles. The minimum Gasteiger partial charge on any atom is -0.492 e. The molecule has 0 amide bonds. The normalized spacial score (nSPS) is 10.9. The molecule has 3 aromatic rings. The molecule has 5 heteroatoms. The van der Waals surface area contributed by atoms with Crippen molar-refractivity contribution in [1.29, 1.82) is 0 Å². The van der Waals surface area contributed by atoms with Gasteiger partial charge in [-0.3, -0.25) is 4.98 Å². The first-order chi connectivity index (χ1) is 10.3. The van der Waals surface area contributed by atoms with Crippen LogP contribution in [0.1, 0.15) is 12.5 Å². The van der Waals surface area contributed by atoms with Crippen molar-refractivity contribution in [3.05, 3.63) is 53.1 Å². The van der Waals surface area contributed by atoms with E-state index in [1.54, 1.807) is 6.20 Å². The molecule has 0 aliphatic heterocycles. The van der Waals surface area contributed by atoms with Gasteiger partial charge in [0.2, 0.25) is 0 Å². The van der Waals surface area contributed by atoms with Crippen molar-refractivity contribution < 1.29 is 4.74 Å². The van der Waals surface area contributed by atoms with Crippen molar-refractivity contribution in [2.45, 2.75) is 19.9 Å². The zero-order valence-corrected chi connectivity index (χ0v) is 12.7. The van der Waals surface area contributed by atoms with Gasteiger partial charge < -0.3 is 14.3 Å². The van der Waals surface area contributed by atoms with Crippen LogP contribution in [0.2, 0.25) is 0 Å². The van der Waals surface area contributed by atoms with Crippen LogP contribution in [0.5, 0.6) is 5.75 Å². The first kappa shape index (κ1) is 13.8. The van der Waals surface area contributed by atoms with Gasteiger partial charge in [-0.2, -0.15) is 0 Å². The highest BCUT2D eigenvalue weighted by atomic mass is 32.1. The molecule has 0 saturated heterocycles. The largest absolute Gasteiger partial charge is 0.492 e. The van der Waals surface area contributed by atoms with Crippen molar-refractivity contribution in [2.24, 2.45) is 0 Å². The maximum atomic E-state index is 5.65. The van der Waals surface area contributed by atoms with Crippen LogP contribution in [0, 0.1) is 4.77 Å². The fraction of sp³-hybridized carbons (Fsp3) is 0.250. The standard InChI is InChI=1S/C16H17N3OS/c1-2-20-14-7-3-6-13-15(14)18-16(21)19(13)10-8-12-5-4-9-17-11-12/h3-7,9,11H,2,8,10H2,1H3,(H,18,21). The minimum atomic E-state index is 0.639. The maximum absolute atomic E-state index is 5.65. The summed E-state index contributed by atoms with van der Waals surface area (Å²) in [5.41, 5.74) is 3.25. The Hall–Kier alpha value is -2.14. The molecule has 108 valence electrons. The van der Waals surface area contributed by atoms with Crippen LogP contribution in [0.4, 0.5) is 0 Å². The second-order valence-corrected chi connectivity index (χ2v) is 5.16. The van der Waals surface area contributed by atoms with Gasteiger partial charge in [0.05, 0.1) is 12.1 Å². The van der Waals surface area contributed by atoms with Gasteiger partial charge in [0.25, 0.3) is 0 Å². The van der Waals surface area contributed by atoms with E-state index in [4.69, 9.17) is 17.0 Å². The van der Waals surface area contributed by atoms with Crippen molar-refractivity contribution >= 4 is 23.3 Å². The van der Waals surface area contributed by atoms with Gasteiger partial charge in [-0.1, -0.05) is 12.1 Å². The molecule has 21 heavy (non-hydrogen) atoms. The van der Waals surface area contributed by atoms with E-state index < -0.39 is 0 Å². The highest BCUT2D eigenvalue weighted by Crippen LogP contribution is 2.25. The number of benzene rings is 1. The average Bonchev–Trinajstić information content (AvgIpc) is 2.83. The van der Waals surface area contributed by atoms with Crippen molar-refractivity contribution in [3.63, 3.8) is 0 Å². The lowest BCUT2D eigenvalue weighted by Crippen LogP contribution is -2.01. The monoisotopic (exact) mass is 299 g/mol. The van der Waals surface area contributed by atoms with E-state index in [-0.39, 0.29) is 0 Å². The predicted molar refractivity (Wildman–Crippen MR) is 86.2 cm³/mol. The second kappa shape index (κ2) is 6.10. The Bertz CT molecular complexity index is 792. The number of rotatable bonds is 5. The highest BCUT2D eigenvalue weighted by molar-refractivity contribution is 7.71. The molecule has 4 nitrogen and oxygen atoms in total. The summed E-state index contributed by atoms with van der Waals surface area (Å²) in [5.74, 6) is 0.848. The van der Waals surface area contributed by atoms with Crippen molar-refractivity contribution in [2.75, 3.05) is 6.61 Å². The van der Waals surface area contributed by atoms with Gasteiger partial charge in [-0.05, 0) is 49.3 Å². The molecule has 0 saturated carbocycles. The smallest absolute Gasteiger partial charge is 0.178 e. The number of aryl methyl sites for hydroxylation is 2. The van der Waals surface area contributed by atoms with Crippen LogP contribution in [-0.2, 0) is 13.0 Å². The minimum absolute atomic E-state index is 0.639. The fourth-order valence-corrected chi connectivity index (χ4v) is 2.73. The van der Waals surface area contributed by atoms with E-state index >= 15 is 0 Å². The third-order valence-corrected chi connectivity index (χ3v) is 3.74. The molecule has 0 bridgehead atoms. The number of nitrogens with one attached hydrogen (secondary N) is 1. The number of aromatic nitrogens is 3. The summed E-state index contributed by atoms with van der Waals surface area (Å²) in [7, 11) is 0. The van der Waals surface area contributed by atoms with Gasteiger partial charge >= 0.3 is 0 Å². The van der Waals surface area contributed by atoms with Crippen LogP contribution in [0.25, 0.3) is 11.0 Å². The number of H-pyrrole nitrogens is 1. The molecule has 3 rings (SSSR count). The summed E-state index contributed by atoms with van der Waals surface area (Å²) in [4.78, 5) is 7.40. The Labute approximate surface area is 128 Å². The topological polar surface area (TPSA) is 42.8 Å². The predicted octanol–water partition coefficient (Wildman–Crippen LogP) is 3.74. The quantitative estimate of drug-likeness (QED) is 0.730. The number of fused-ring (bicyclic) bond motifs is 1. The van der Waals surface area contributed by atoms with Gasteiger partial charge in [0.15, 0.2) is 4.77 Å². The van der Waals surface area contributed by atoms with E-state index in [0.29, 0.717) is 6.61 Å². The molecule has 0 unspecified atom stereocenters.